The summed E-state index contributed by atoms with van der Waals surface area (Å²) < 4.78 is 1.27. The van der Waals surface area contributed by atoms with E-state index in [0.717, 1.165) is 16.3 Å². The Morgan fingerprint density at radius 1 is 1.45 bits per heavy atom. The Labute approximate surface area is 135 Å². The first-order chi connectivity index (χ1) is 10.5. The Bertz CT molecular complexity index is 749. The molecular formula is C13H11ClN4O3S. The van der Waals surface area contributed by atoms with Crippen LogP contribution in [-0.2, 0) is 11.3 Å². The number of nitro groups is 1. The van der Waals surface area contributed by atoms with E-state index in [2.05, 4.69) is 5.10 Å². The second-order valence-electron chi connectivity index (χ2n) is 4.63. The van der Waals surface area contributed by atoms with Crippen LogP contribution in [0, 0.1) is 10.1 Å². The molecule has 0 spiro atoms. The predicted octanol–water partition coefficient (Wildman–Crippen LogP) is 2.58. The molecule has 2 aromatic rings. The Morgan fingerprint density at radius 3 is 3.00 bits per heavy atom. The van der Waals surface area contributed by atoms with Gasteiger partial charge >= 0.3 is 5.82 Å². The van der Waals surface area contributed by atoms with Crippen molar-refractivity contribution in [3.63, 3.8) is 0 Å². The first-order valence-corrected chi connectivity index (χ1v) is 7.81. The van der Waals surface area contributed by atoms with Crippen molar-refractivity contribution in [2.75, 3.05) is 17.2 Å². The Kier molecular flexibility index (Phi) is 4.04. The van der Waals surface area contributed by atoms with Crippen molar-refractivity contribution in [3.8, 4) is 0 Å². The zero-order valence-corrected chi connectivity index (χ0v) is 12.9. The maximum absolute atomic E-state index is 12.5. The van der Waals surface area contributed by atoms with Crippen LogP contribution in [0.4, 0.5) is 11.5 Å². The lowest BCUT2D eigenvalue weighted by Gasteiger charge is -2.28. The van der Waals surface area contributed by atoms with Gasteiger partial charge < -0.3 is 15.0 Å². The van der Waals surface area contributed by atoms with Crippen LogP contribution in [0.2, 0.25) is 5.02 Å². The summed E-state index contributed by atoms with van der Waals surface area (Å²) in [5, 5.41) is 14.9. The van der Waals surface area contributed by atoms with Gasteiger partial charge in [0, 0.05) is 22.2 Å². The van der Waals surface area contributed by atoms with E-state index in [1.807, 2.05) is 6.07 Å². The van der Waals surface area contributed by atoms with E-state index in [4.69, 9.17) is 11.6 Å². The van der Waals surface area contributed by atoms with Gasteiger partial charge in [-0.2, -0.15) is 4.68 Å². The number of anilines is 1. The molecule has 1 aliphatic heterocycles. The van der Waals surface area contributed by atoms with Crippen LogP contribution in [0.25, 0.3) is 0 Å². The van der Waals surface area contributed by atoms with Gasteiger partial charge in [-0.1, -0.05) is 11.6 Å². The van der Waals surface area contributed by atoms with Crippen LogP contribution < -0.4 is 4.90 Å². The molecule has 0 bridgehead atoms. The largest absolute Gasteiger partial charge is 0.389 e. The maximum Gasteiger partial charge on any atom is 0.389 e. The van der Waals surface area contributed by atoms with Crippen LogP contribution in [0.5, 0.6) is 0 Å². The molecule has 0 aliphatic carbocycles. The van der Waals surface area contributed by atoms with Gasteiger partial charge in [0.1, 0.15) is 6.54 Å². The quantitative estimate of drug-likeness (QED) is 0.634. The number of nitrogens with zero attached hydrogens (tertiary/aromatic N) is 4. The van der Waals surface area contributed by atoms with Gasteiger partial charge in [0.05, 0.1) is 23.0 Å². The summed E-state index contributed by atoms with van der Waals surface area (Å²) in [6, 6.07) is 6.70. The molecule has 1 amide bonds. The summed E-state index contributed by atoms with van der Waals surface area (Å²) in [6.07, 6.45) is 1.42. The Balaban J connectivity index is 1.81. The molecule has 114 valence electrons. The Hall–Kier alpha value is -2.06. The second kappa shape index (κ2) is 5.98. The molecule has 1 aromatic carbocycles. The zero-order chi connectivity index (χ0) is 15.7. The number of amides is 1. The van der Waals surface area contributed by atoms with E-state index in [9.17, 15) is 14.9 Å². The molecule has 3 rings (SSSR count). The van der Waals surface area contributed by atoms with E-state index in [0.29, 0.717) is 11.6 Å². The highest BCUT2D eigenvalue weighted by Crippen LogP contribution is 2.36. The van der Waals surface area contributed by atoms with Gasteiger partial charge in [0.15, 0.2) is 0 Å². The standard InChI is InChI=1S/C13H11ClN4O3S/c14-9-1-2-11-10(7-9)17(5-6-22-11)13(19)8-16-4-3-12(15-16)18(20)21/h1-4,7H,5-6,8H2. The average molecular weight is 339 g/mol. The minimum atomic E-state index is -0.590. The molecular weight excluding hydrogens is 328 g/mol. The lowest BCUT2D eigenvalue weighted by Crippen LogP contribution is -2.37. The molecule has 0 N–H and O–H groups in total. The number of carbonyl (C=O) groups is 1. The van der Waals surface area contributed by atoms with Crippen LogP contribution in [0.1, 0.15) is 0 Å². The van der Waals surface area contributed by atoms with Gasteiger partial charge in [-0.15, -0.1) is 11.8 Å². The van der Waals surface area contributed by atoms with Crippen LogP contribution >= 0.6 is 23.4 Å². The monoisotopic (exact) mass is 338 g/mol. The third-order valence-corrected chi connectivity index (χ3v) is 4.47. The van der Waals surface area contributed by atoms with Crippen molar-refractivity contribution in [1.82, 2.24) is 9.78 Å². The van der Waals surface area contributed by atoms with Gasteiger partial charge in [0.2, 0.25) is 0 Å². The second-order valence-corrected chi connectivity index (χ2v) is 6.21. The number of halogens is 1. The molecule has 0 saturated carbocycles. The fraction of sp³-hybridized carbons (Fsp3) is 0.231. The number of rotatable bonds is 3. The summed E-state index contributed by atoms with van der Waals surface area (Å²) >= 11 is 7.67. The summed E-state index contributed by atoms with van der Waals surface area (Å²) in [5.74, 6) is 0.340. The summed E-state index contributed by atoms with van der Waals surface area (Å²) in [7, 11) is 0. The molecule has 0 saturated heterocycles. The number of benzene rings is 1. The number of hydrogen-bond acceptors (Lipinski definition) is 5. The normalized spacial score (nSPS) is 13.8. The van der Waals surface area contributed by atoms with E-state index in [-0.39, 0.29) is 18.3 Å². The van der Waals surface area contributed by atoms with Crippen molar-refractivity contribution < 1.29 is 9.72 Å². The minimum absolute atomic E-state index is 0.0511. The number of thioether (sulfide) groups is 1. The average Bonchev–Trinajstić information content (AvgIpc) is 2.95. The molecule has 1 aliphatic rings. The number of aromatic nitrogens is 2. The summed E-state index contributed by atoms with van der Waals surface area (Å²) in [5.41, 5.74) is 0.774. The molecule has 0 atom stereocenters. The zero-order valence-electron chi connectivity index (χ0n) is 11.3. The highest BCUT2D eigenvalue weighted by Gasteiger charge is 2.24. The van der Waals surface area contributed by atoms with Crippen molar-refractivity contribution >= 4 is 40.8 Å². The fourth-order valence-corrected chi connectivity index (χ4v) is 3.35. The van der Waals surface area contributed by atoms with E-state index in [1.54, 1.807) is 28.8 Å². The molecule has 7 nitrogen and oxygen atoms in total. The van der Waals surface area contributed by atoms with E-state index < -0.39 is 4.92 Å². The van der Waals surface area contributed by atoms with Gasteiger partial charge in [-0.3, -0.25) is 4.79 Å². The van der Waals surface area contributed by atoms with Crippen molar-refractivity contribution in [1.29, 1.82) is 0 Å². The van der Waals surface area contributed by atoms with E-state index >= 15 is 0 Å². The Morgan fingerprint density at radius 2 is 2.27 bits per heavy atom. The third-order valence-electron chi connectivity index (χ3n) is 3.20. The topological polar surface area (TPSA) is 81.3 Å². The molecule has 9 heteroatoms. The minimum Gasteiger partial charge on any atom is -0.358 e. The lowest BCUT2D eigenvalue weighted by molar-refractivity contribution is -0.389. The third kappa shape index (κ3) is 2.93. The molecule has 22 heavy (non-hydrogen) atoms. The van der Waals surface area contributed by atoms with Crippen LogP contribution in [-0.4, -0.2) is 32.9 Å². The highest BCUT2D eigenvalue weighted by molar-refractivity contribution is 7.99. The smallest absolute Gasteiger partial charge is 0.358 e. The first kappa shape index (κ1) is 14.9. The van der Waals surface area contributed by atoms with E-state index in [1.165, 1.54) is 16.9 Å². The van der Waals surface area contributed by atoms with Crippen LogP contribution in [0.3, 0.4) is 0 Å². The number of carbonyl (C=O) groups excluding carboxylic acids is 1. The van der Waals surface area contributed by atoms with Gasteiger partial charge in [-0.05, 0) is 23.1 Å². The lowest BCUT2D eigenvalue weighted by atomic mass is 10.2. The van der Waals surface area contributed by atoms with Crippen molar-refractivity contribution in [2.24, 2.45) is 0 Å². The van der Waals surface area contributed by atoms with Crippen molar-refractivity contribution in [2.45, 2.75) is 11.4 Å². The van der Waals surface area contributed by atoms with Gasteiger partial charge in [0.25, 0.3) is 5.91 Å². The molecule has 0 fully saturated rings. The number of hydrogen-bond donors (Lipinski definition) is 0. The summed E-state index contributed by atoms with van der Waals surface area (Å²) in [6.45, 7) is 0.519. The predicted molar refractivity (Wildman–Crippen MR) is 83.4 cm³/mol. The fourth-order valence-electron chi connectivity index (χ4n) is 2.21. The van der Waals surface area contributed by atoms with Crippen molar-refractivity contribution in [3.05, 3.63) is 45.6 Å². The molecule has 1 aromatic heterocycles. The molecule has 0 radical (unpaired) electrons. The highest BCUT2D eigenvalue weighted by atomic mass is 35.5. The van der Waals surface area contributed by atoms with Crippen LogP contribution in [0.15, 0.2) is 35.4 Å². The molecule has 2 heterocycles. The SMILES string of the molecule is O=C(Cn1ccc([N+](=O)[O-])n1)N1CCSc2ccc(Cl)cc21. The first-order valence-electron chi connectivity index (χ1n) is 6.45. The number of fused-ring (bicyclic) bond motifs is 1. The summed E-state index contributed by atoms with van der Waals surface area (Å²) in [4.78, 5) is 25.1. The molecule has 0 unspecified atom stereocenters. The maximum atomic E-state index is 12.5. The van der Waals surface area contributed by atoms with Gasteiger partial charge in [-0.25, -0.2) is 0 Å².